The molecule has 0 spiro atoms. The van der Waals surface area contributed by atoms with Crippen molar-refractivity contribution in [2.75, 3.05) is 6.54 Å². The molecule has 120 valence electrons. The van der Waals surface area contributed by atoms with Crippen molar-refractivity contribution in [1.82, 2.24) is 10.5 Å². The Morgan fingerprint density at radius 2 is 2.05 bits per heavy atom. The van der Waals surface area contributed by atoms with Crippen molar-refractivity contribution in [3.63, 3.8) is 0 Å². The quantitative estimate of drug-likeness (QED) is 0.772. The molecule has 1 aromatic heterocycles. The summed E-state index contributed by atoms with van der Waals surface area (Å²) >= 11 is 0. The fraction of sp³-hybridized carbons (Fsp3) is 0.750. The number of nitrogens with two attached hydrogens (primary N) is 1. The van der Waals surface area contributed by atoms with Crippen molar-refractivity contribution in [2.45, 2.75) is 65.3 Å². The summed E-state index contributed by atoms with van der Waals surface area (Å²) in [6.07, 6.45) is 2.79. The summed E-state index contributed by atoms with van der Waals surface area (Å²) in [5.41, 5.74) is 6.24. The van der Waals surface area contributed by atoms with Gasteiger partial charge in [0.2, 0.25) is 5.76 Å². The highest BCUT2D eigenvalue weighted by atomic mass is 16.5. The Balaban J connectivity index is 2.79. The van der Waals surface area contributed by atoms with Crippen molar-refractivity contribution < 1.29 is 9.32 Å². The van der Waals surface area contributed by atoms with Gasteiger partial charge in [-0.25, -0.2) is 0 Å². The van der Waals surface area contributed by atoms with Gasteiger partial charge in [0.05, 0.1) is 11.2 Å². The molecular weight excluding hydrogens is 266 g/mol. The van der Waals surface area contributed by atoms with E-state index in [1.165, 1.54) is 0 Å². The summed E-state index contributed by atoms with van der Waals surface area (Å²) in [7, 11) is 0. The van der Waals surface area contributed by atoms with Gasteiger partial charge in [-0.3, -0.25) is 4.79 Å². The zero-order valence-corrected chi connectivity index (χ0v) is 13.9. The molecule has 0 aliphatic carbocycles. The molecular formula is C16H29N3O2. The Morgan fingerprint density at radius 1 is 1.43 bits per heavy atom. The lowest BCUT2D eigenvalue weighted by molar-refractivity contribution is 0.0860. The average molecular weight is 295 g/mol. The maximum atomic E-state index is 12.3. The van der Waals surface area contributed by atoms with Gasteiger partial charge < -0.3 is 15.6 Å². The number of hydrogen-bond acceptors (Lipinski definition) is 4. The van der Waals surface area contributed by atoms with Gasteiger partial charge in [0, 0.05) is 18.5 Å². The summed E-state index contributed by atoms with van der Waals surface area (Å²) in [5, 5.41) is 7.01. The monoisotopic (exact) mass is 295 g/mol. The summed E-state index contributed by atoms with van der Waals surface area (Å²) in [5.74, 6) is 0.814. The maximum absolute atomic E-state index is 12.3. The van der Waals surface area contributed by atoms with Crippen LogP contribution >= 0.6 is 0 Å². The van der Waals surface area contributed by atoms with E-state index in [9.17, 15) is 4.79 Å². The third-order valence-electron chi connectivity index (χ3n) is 3.88. The van der Waals surface area contributed by atoms with Gasteiger partial charge >= 0.3 is 0 Å². The van der Waals surface area contributed by atoms with Crippen LogP contribution in [0.1, 0.15) is 76.0 Å². The van der Waals surface area contributed by atoms with Crippen LogP contribution in [-0.2, 0) is 0 Å². The van der Waals surface area contributed by atoms with E-state index in [1.807, 2.05) is 6.92 Å². The second kappa shape index (κ2) is 7.59. The molecule has 1 heterocycles. The number of hydrogen-bond donors (Lipinski definition) is 2. The van der Waals surface area contributed by atoms with Crippen LogP contribution in [0, 0.1) is 5.92 Å². The average Bonchev–Trinajstić information content (AvgIpc) is 2.89. The molecule has 0 saturated heterocycles. The van der Waals surface area contributed by atoms with Crippen LogP contribution in [0.15, 0.2) is 10.6 Å². The van der Waals surface area contributed by atoms with E-state index < -0.39 is 5.54 Å². The van der Waals surface area contributed by atoms with Crippen molar-refractivity contribution in [3.05, 3.63) is 17.5 Å². The van der Waals surface area contributed by atoms with E-state index in [2.05, 4.69) is 38.2 Å². The number of amides is 1. The molecule has 21 heavy (non-hydrogen) atoms. The lowest BCUT2D eigenvalue weighted by atomic mass is 9.90. The Kier molecular flexibility index (Phi) is 6.40. The zero-order valence-electron chi connectivity index (χ0n) is 13.9. The highest BCUT2D eigenvalue weighted by Crippen LogP contribution is 2.23. The third-order valence-corrected chi connectivity index (χ3v) is 3.88. The first kappa shape index (κ1) is 17.7. The molecule has 5 heteroatoms. The van der Waals surface area contributed by atoms with Crippen LogP contribution in [-0.4, -0.2) is 23.1 Å². The van der Waals surface area contributed by atoms with Crippen molar-refractivity contribution >= 4 is 5.91 Å². The molecule has 1 aromatic rings. The van der Waals surface area contributed by atoms with Gasteiger partial charge in [0.1, 0.15) is 0 Å². The smallest absolute Gasteiger partial charge is 0.290 e. The van der Waals surface area contributed by atoms with Crippen LogP contribution < -0.4 is 11.1 Å². The van der Waals surface area contributed by atoms with Crippen LogP contribution in [0.4, 0.5) is 0 Å². The Morgan fingerprint density at radius 3 is 2.52 bits per heavy atom. The predicted octanol–water partition coefficient (Wildman–Crippen LogP) is 3.07. The van der Waals surface area contributed by atoms with E-state index in [0.717, 1.165) is 25.0 Å². The SMILES string of the molecule is CCC(CC)c1cc(C(=O)NC(C)(CN)CC(C)C)on1. The molecule has 5 nitrogen and oxygen atoms in total. The zero-order chi connectivity index (χ0) is 16.0. The lowest BCUT2D eigenvalue weighted by Crippen LogP contribution is -2.52. The topological polar surface area (TPSA) is 81.2 Å². The first-order chi connectivity index (χ1) is 9.85. The summed E-state index contributed by atoms with van der Waals surface area (Å²) in [6.45, 7) is 10.8. The van der Waals surface area contributed by atoms with Crippen LogP contribution in [0.3, 0.4) is 0 Å². The molecule has 0 bridgehead atoms. The Hall–Kier alpha value is -1.36. The number of nitrogens with one attached hydrogen (secondary N) is 1. The predicted molar refractivity (Wildman–Crippen MR) is 84.2 cm³/mol. The minimum absolute atomic E-state index is 0.242. The summed E-state index contributed by atoms with van der Waals surface area (Å²) < 4.78 is 5.20. The Bertz CT molecular complexity index is 452. The number of nitrogens with zero attached hydrogens (tertiary/aromatic N) is 1. The van der Waals surface area contributed by atoms with E-state index in [1.54, 1.807) is 6.07 Å². The number of rotatable bonds is 8. The van der Waals surface area contributed by atoms with Gasteiger partial charge in [-0.15, -0.1) is 0 Å². The lowest BCUT2D eigenvalue weighted by Gasteiger charge is -2.30. The van der Waals surface area contributed by atoms with Gasteiger partial charge in [-0.1, -0.05) is 32.9 Å². The third kappa shape index (κ3) is 4.84. The molecule has 3 N–H and O–H groups in total. The highest BCUT2D eigenvalue weighted by Gasteiger charge is 2.28. The molecule has 0 aliphatic heterocycles. The fourth-order valence-electron chi connectivity index (χ4n) is 2.72. The Labute approximate surface area is 127 Å². The standard InChI is InChI=1S/C16H29N3O2/c1-6-12(7-2)13-8-14(21-19-13)15(20)18-16(5,10-17)9-11(3)4/h8,11-12H,6-7,9-10,17H2,1-5H3,(H,18,20). The van der Waals surface area contributed by atoms with E-state index >= 15 is 0 Å². The molecule has 0 saturated carbocycles. The van der Waals surface area contributed by atoms with Crippen molar-refractivity contribution in [1.29, 1.82) is 0 Å². The first-order valence-electron chi connectivity index (χ1n) is 7.84. The second-order valence-electron chi connectivity index (χ2n) is 6.45. The number of carbonyl (C=O) groups excluding carboxylic acids is 1. The summed E-state index contributed by atoms with van der Waals surface area (Å²) in [6, 6.07) is 1.75. The number of aromatic nitrogens is 1. The van der Waals surface area contributed by atoms with Crippen LogP contribution in [0.25, 0.3) is 0 Å². The molecule has 0 aromatic carbocycles. The van der Waals surface area contributed by atoms with Crippen LogP contribution in [0.5, 0.6) is 0 Å². The second-order valence-corrected chi connectivity index (χ2v) is 6.45. The van der Waals surface area contributed by atoms with E-state index in [0.29, 0.717) is 18.4 Å². The molecule has 0 radical (unpaired) electrons. The van der Waals surface area contributed by atoms with Crippen molar-refractivity contribution in [3.8, 4) is 0 Å². The van der Waals surface area contributed by atoms with Gasteiger partial charge in [0.25, 0.3) is 5.91 Å². The largest absolute Gasteiger partial charge is 0.351 e. The minimum Gasteiger partial charge on any atom is -0.351 e. The maximum Gasteiger partial charge on any atom is 0.290 e. The first-order valence-corrected chi connectivity index (χ1v) is 7.84. The molecule has 1 amide bonds. The minimum atomic E-state index is -0.423. The fourth-order valence-corrected chi connectivity index (χ4v) is 2.72. The van der Waals surface area contributed by atoms with Crippen LogP contribution in [0.2, 0.25) is 0 Å². The van der Waals surface area contributed by atoms with Gasteiger partial charge in [-0.2, -0.15) is 0 Å². The van der Waals surface area contributed by atoms with Gasteiger partial charge in [0.15, 0.2) is 0 Å². The molecule has 1 rings (SSSR count). The molecule has 1 atom stereocenters. The summed E-state index contributed by atoms with van der Waals surface area (Å²) in [4.78, 5) is 12.3. The van der Waals surface area contributed by atoms with E-state index in [4.69, 9.17) is 10.3 Å². The normalized spacial score (nSPS) is 14.5. The molecule has 0 fully saturated rings. The molecule has 0 aliphatic rings. The van der Waals surface area contributed by atoms with Gasteiger partial charge in [-0.05, 0) is 32.1 Å². The van der Waals surface area contributed by atoms with E-state index in [-0.39, 0.29) is 11.7 Å². The van der Waals surface area contributed by atoms with Crippen molar-refractivity contribution in [2.24, 2.45) is 11.7 Å². The highest BCUT2D eigenvalue weighted by molar-refractivity contribution is 5.92. The number of carbonyl (C=O) groups is 1. The molecule has 1 unspecified atom stereocenters.